The first-order valence-corrected chi connectivity index (χ1v) is 12.5. The maximum atomic E-state index is 12.2. The lowest BCUT2D eigenvalue weighted by molar-refractivity contribution is 0.457. The number of nitrogens with two attached hydrogens (primary N) is 1. The minimum Gasteiger partial charge on any atom is -0.494 e. The van der Waals surface area contributed by atoms with Crippen molar-refractivity contribution in [3.63, 3.8) is 0 Å². The first-order valence-electron chi connectivity index (χ1n) is 10.6. The molecule has 3 aromatic carbocycles. The monoisotopic (exact) mass is 462 g/mol. The maximum Gasteiger partial charge on any atom is 0.232 e. The summed E-state index contributed by atoms with van der Waals surface area (Å²) in [7, 11) is -3.43. The van der Waals surface area contributed by atoms with Gasteiger partial charge in [-0.05, 0) is 43.3 Å². The van der Waals surface area contributed by atoms with Gasteiger partial charge < -0.3 is 15.8 Å². The highest BCUT2D eigenvalue weighted by Crippen LogP contribution is 2.32. The van der Waals surface area contributed by atoms with E-state index in [0.717, 1.165) is 16.5 Å². The predicted octanol–water partition coefficient (Wildman–Crippen LogP) is 4.16. The molecule has 33 heavy (non-hydrogen) atoms. The van der Waals surface area contributed by atoms with Gasteiger partial charge in [-0.2, -0.15) is 0 Å². The number of nitrogens with one attached hydrogen (secondary N) is 1. The van der Waals surface area contributed by atoms with Crippen LogP contribution in [0.5, 0.6) is 5.88 Å². The number of para-hydroxylation sites is 1. The van der Waals surface area contributed by atoms with E-state index >= 15 is 0 Å². The molecule has 0 atom stereocenters. The fourth-order valence-corrected chi connectivity index (χ4v) is 4.74. The van der Waals surface area contributed by atoms with E-state index in [4.69, 9.17) is 10.7 Å². The standard InChI is InChI=1S/C25H26N4O3S/c1-33(31,32)29(17-7-16-26)20-14-12-19(13-15-20)27-24(18-8-3-2-4-9-18)23-21-10-5-6-11-22(21)28-25(23)30/h2-6,8-15,28,30H,7,16-17,26H2,1H3. The van der Waals surface area contributed by atoms with Crippen LogP contribution in [-0.2, 0) is 10.0 Å². The van der Waals surface area contributed by atoms with Crippen molar-refractivity contribution >= 4 is 38.0 Å². The third-order valence-electron chi connectivity index (χ3n) is 5.31. The summed E-state index contributed by atoms with van der Waals surface area (Å²) in [4.78, 5) is 7.87. The number of rotatable bonds is 8. The highest BCUT2D eigenvalue weighted by molar-refractivity contribution is 7.92. The zero-order valence-electron chi connectivity index (χ0n) is 18.3. The summed E-state index contributed by atoms with van der Waals surface area (Å²) < 4.78 is 25.8. The number of sulfonamides is 1. The molecule has 4 rings (SSSR count). The molecule has 0 radical (unpaired) electrons. The van der Waals surface area contributed by atoms with E-state index in [1.54, 1.807) is 24.3 Å². The minimum absolute atomic E-state index is 0.0421. The zero-order valence-corrected chi connectivity index (χ0v) is 19.1. The van der Waals surface area contributed by atoms with Crippen molar-refractivity contribution in [2.24, 2.45) is 10.7 Å². The van der Waals surface area contributed by atoms with E-state index in [0.29, 0.717) is 42.2 Å². The first kappa shape index (κ1) is 22.6. The number of H-pyrrole nitrogens is 1. The normalized spacial score (nSPS) is 12.2. The van der Waals surface area contributed by atoms with Gasteiger partial charge in [0.15, 0.2) is 5.88 Å². The Morgan fingerprint density at radius 3 is 2.33 bits per heavy atom. The van der Waals surface area contributed by atoms with E-state index in [1.165, 1.54) is 10.6 Å². The molecular weight excluding hydrogens is 436 g/mol. The van der Waals surface area contributed by atoms with E-state index in [1.807, 2.05) is 54.6 Å². The number of nitrogens with zero attached hydrogens (tertiary/aromatic N) is 2. The zero-order chi connectivity index (χ0) is 23.4. The van der Waals surface area contributed by atoms with Crippen molar-refractivity contribution in [3.05, 3.63) is 90.0 Å². The molecule has 4 aromatic rings. The van der Waals surface area contributed by atoms with Crippen molar-refractivity contribution < 1.29 is 13.5 Å². The van der Waals surface area contributed by atoms with Gasteiger partial charge in [-0.25, -0.2) is 13.4 Å². The minimum atomic E-state index is -3.43. The Morgan fingerprint density at radius 2 is 1.67 bits per heavy atom. The molecule has 1 aromatic heterocycles. The molecule has 0 spiro atoms. The molecule has 0 saturated carbocycles. The van der Waals surface area contributed by atoms with Crippen molar-refractivity contribution in [1.82, 2.24) is 4.98 Å². The summed E-state index contributed by atoms with van der Waals surface area (Å²) in [5.41, 5.74) is 9.65. The number of aromatic hydroxyl groups is 1. The molecule has 0 aliphatic heterocycles. The first-order chi connectivity index (χ1) is 15.9. The Kier molecular flexibility index (Phi) is 6.48. The van der Waals surface area contributed by atoms with E-state index in [2.05, 4.69) is 4.98 Å². The molecule has 170 valence electrons. The smallest absolute Gasteiger partial charge is 0.232 e. The maximum absolute atomic E-state index is 12.2. The molecular formula is C25H26N4O3S. The van der Waals surface area contributed by atoms with Crippen LogP contribution in [0, 0.1) is 0 Å². The molecule has 0 saturated heterocycles. The van der Waals surface area contributed by atoms with Gasteiger partial charge in [-0.15, -0.1) is 0 Å². The van der Waals surface area contributed by atoms with Crippen molar-refractivity contribution in [1.29, 1.82) is 0 Å². The quantitative estimate of drug-likeness (QED) is 0.341. The van der Waals surface area contributed by atoms with Gasteiger partial charge in [-0.3, -0.25) is 4.31 Å². The molecule has 1 heterocycles. The van der Waals surface area contributed by atoms with Crippen LogP contribution in [0.1, 0.15) is 17.5 Å². The Labute approximate surface area is 193 Å². The van der Waals surface area contributed by atoms with Crippen LogP contribution in [0.3, 0.4) is 0 Å². The van der Waals surface area contributed by atoms with Crippen LogP contribution in [-0.4, -0.2) is 43.6 Å². The van der Waals surface area contributed by atoms with Crippen LogP contribution in [0.2, 0.25) is 0 Å². The molecule has 0 amide bonds. The van der Waals surface area contributed by atoms with Crippen molar-refractivity contribution in [2.45, 2.75) is 6.42 Å². The van der Waals surface area contributed by atoms with Gasteiger partial charge in [0.05, 0.1) is 28.9 Å². The van der Waals surface area contributed by atoms with Gasteiger partial charge in [0.2, 0.25) is 10.0 Å². The van der Waals surface area contributed by atoms with Gasteiger partial charge in [0.1, 0.15) is 0 Å². The average Bonchev–Trinajstić information content (AvgIpc) is 3.14. The molecule has 0 bridgehead atoms. The third-order valence-corrected chi connectivity index (χ3v) is 6.51. The summed E-state index contributed by atoms with van der Waals surface area (Å²) in [5, 5.41) is 11.6. The highest BCUT2D eigenvalue weighted by Gasteiger charge is 2.19. The lowest BCUT2D eigenvalue weighted by Crippen LogP contribution is -2.31. The topological polar surface area (TPSA) is 112 Å². The largest absolute Gasteiger partial charge is 0.494 e. The Hall–Kier alpha value is -3.62. The van der Waals surface area contributed by atoms with Crippen LogP contribution >= 0.6 is 0 Å². The number of aliphatic imine (C=N–C) groups is 1. The van der Waals surface area contributed by atoms with Crippen LogP contribution in [0.25, 0.3) is 10.9 Å². The van der Waals surface area contributed by atoms with E-state index in [-0.39, 0.29) is 5.88 Å². The molecule has 4 N–H and O–H groups in total. The van der Waals surface area contributed by atoms with Crippen molar-refractivity contribution in [3.8, 4) is 5.88 Å². The predicted molar refractivity (Wildman–Crippen MR) is 134 cm³/mol. The fourth-order valence-electron chi connectivity index (χ4n) is 3.77. The SMILES string of the molecule is CS(=O)(=O)N(CCCN)c1ccc(N=C(c2ccccc2)c2c(O)[nH]c3ccccc23)cc1. The van der Waals surface area contributed by atoms with Crippen LogP contribution in [0.15, 0.2) is 83.9 Å². The second-order valence-corrected chi connectivity index (χ2v) is 9.62. The number of aromatic amines is 1. The summed E-state index contributed by atoms with van der Waals surface area (Å²) >= 11 is 0. The van der Waals surface area contributed by atoms with Crippen LogP contribution < -0.4 is 10.0 Å². The second kappa shape index (κ2) is 9.48. The number of hydrogen-bond donors (Lipinski definition) is 3. The molecule has 0 aliphatic carbocycles. The molecule has 0 unspecified atom stereocenters. The van der Waals surface area contributed by atoms with Crippen LogP contribution in [0.4, 0.5) is 11.4 Å². The van der Waals surface area contributed by atoms with E-state index in [9.17, 15) is 13.5 Å². The lowest BCUT2D eigenvalue weighted by atomic mass is 10.0. The molecule has 7 nitrogen and oxygen atoms in total. The van der Waals surface area contributed by atoms with E-state index < -0.39 is 10.0 Å². The number of benzene rings is 3. The summed E-state index contributed by atoms with van der Waals surface area (Å²) in [6.45, 7) is 0.722. The number of anilines is 1. The Balaban J connectivity index is 1.80. The Morgan fingerprint density at radius 1 is 1.00 bits per heavy atom. The summed E-state index contributed by atoms with van der Waals surface area (Å²) in [5.74, 6) is 0.0421. The summed E-state index contributed by atoms with van der Waals surface area (Å²) in [6, 6.07) is 24.3. The highest BCUT2D eigenvalue weighted by atomic mass is 32.2. The number of aromatic nitrogens is 1. The average molecular weight is 463 g/mol. The lowest BCUT2D eigenvalue weighted by Gasteiger charge is -2.22. The van der Waals surface area contributed by atoms with Gasteiger partial charge >= 0.3 is 0 Å². The third kappa shape index (κ3) is 4.92. The molecule has 0 aliphatic rings. The fraction of sp³-hybridized carbons (Fsp3) is 0.160. The summed E-state index contributed by atoms with van der Waals surface area (Å²) in [6.07, 6.45) is 1.74. The van der Waals surface area contributed by atoms with Gasteiger partial charge in [-0.1, -0.05) is 48.5 Å². The van der Waals surface area contributed by atoms with Crippen molar-refractivity contribution in [2.75, 3.05) is 23.7 Å². The van der Waals surface area contributed by atoms with Gasteiger partial charge in [0, 0.05) is 23.0 Å². The second-order valence-electron chi connectivity index (χ2n) is 7.71. The number of fused-ring (bicyclic) bond motifs is 1. The molecule has 8 heteroatoms. The van der Waals surface area contributed by atoms with Gasteiger partial charge in [0.25, 0.3) is 0 Å². The number of hydrogen-bond acceptors (Lipinski definition) is 5. The Bertz CT molecular complexity index is 1380. The molecule has 0 fully saturated rings.